The van der Waals surface area contributed by atoms with Crippen LogP contribution in [0.1, 0.15) is 30.4 Å². The van der Waals surface area contributed by atoms with Crippen molar-refractivity contribution in [2.45, 2.75) is 55.9 Å². The molecule has 32 heavy (non-hydrogen) atoms. The van der Waals surface area contributed by atoms with Crippen molar-refractivity contribution in [2.75, 3.05) is 6.61 Å². The molecule has 174 valence electrons. The van der Waals surface area contributed by atoms with Crippen molar-refractivity contribution in [1.82, 2.24) is 10.0 Å². The van der Waals surface area contributed by atoms with Crippen LogP contribution in [-0.4, -0.2) is 44.3 Å². The average molecular weight is 501 g/mol. The van der Waals surface area contributed by atoms with Crippen LogP contribution in [-0.2, 0) is 26.1 Å². The lowest BCUT2D eigenvalue weighted by molar-refractivity contribution is -0.130. The van der Waals surface area contributed by atoms with Gasteiger partial charge in [-0.05, 0) is 49.6 Å². The zero-order valence-corrected chi connectivity index (χ0v) is 19.9. The molecule has 0 aromatic heterocycles. The molecular formula is C22H26Cl2N2O5S. The zero-order chi connectivity index (χ0) is 23.3. The molecule has 3 atom stereocenters. The first-order valence-corrected chi connectivity index (χ1v) is 12.5. The van der Waals surface area contributed by atoms with E-state index in [1.54, 1.807) is 30.3 Å². The third kappa shape index (κ3) is 6.66. The molecule has 1 heterocycles. The van der Waals surface area contributed by atoms with Gasteiger partial charge in [-0.15, -0.1) is 0 Å². The van der Waals surface area contributed by atoms with Gasteiger partial charge >= 0.3 is 0 Å². The molecule has 1 aliphatic rings. The molecule has 7 nitrogen and oxygen atoms in total. The lowest BCUT2D eigenvalue weighted by atomic mass is 9.98. The summed E-state index contributed by atoms with van der Waals surface area (Å²) in [4.78, 5) is 12.5. The third-order valence-electron chi connectivity index (χ3n) is 5.32. The fraction of sp³-hybridized carbons (Fsp3) is 0.409. The molecule has 0 aliphatic carbocycles. The van der Waals surface area contributed by atoms with E-state index in [0.717, 1.165) is 11.1 Å². The molecule has 2 aromatic carbocycles. The number of aryl methyl sites for hydroxylation is 1. The molecule has 1 aliphatic heterocycles. The van der Waals surface area contributed by atoms with E-state index >= 15 is 0 Å². The predicted molar refractivity (Wildman–Crippen MR) is 123 cm³/mol. The molecule has 0 bridgehead atoms. The maximum atomic E-state index is 12.7. The number of halogens is 2. The number of amides is 1. The minimum atomic E-state index is -3.75. The van der Waals surface area contributed by atoms with E-state index in [2.05, 4.69) is 10.0 Å². The first-order chi connectivity index (χ1) is 15.2. The number of aliphatic hydroxyl groups excluding tert-OH is 1. The zero-order valence-electron chi connectivity index (χ0n) is 17.6. The van der Waals surface area contributed by atoms with Crippen molar-refractivity contribution in [3.8, 4) is 0 Å². The van der Waals surface area contributed by atoms with Gasteiger partial charge in [0.15, 0.2) is 0 Å². The molecule has 1 amide bonds. The summed E-state index contributed by atoms with van der Waals surface area (Å²) >= 11 is 11.9. The van der Waals surface area contributed by atoms with Crippen LogP contribution < -0.4 is 10.0 Å². The molecule has 0 spiro atoms. The topological polar surface area (TPSA) is 105 Å². The fourth-order valence-corrected chi connectivity index (χ4v) is 5.15. The number of aliphatic hydroxyl groups is 1. The number of rotatable bonds is 8. The van der Waals surface area contributed by atoms with Crippen molar-refractivity contribution in [2.24, 2.45) is 0 Å². The van der Waals surface area contributed by atoms with Crippen molar-refractivity contribution < 1.29 is 23.1 Å². The monoisotopic (exact) mass is 500 g/mol. The second-order valence-electron chi connectivity index (χ2n) is 7.83. The van der Waals surface area contributed by atoms with Crippen LogP contribution in [0, 0.1) is 6.92 Å². The van der Waals surface area contributed by atoms with E-state index in [9.17, 15) is 18.3 Å². The van der Waals surface area contributed by atoms with E-state index in [1.165, 1.54) is 12.1 Å². The number of benzene rings is 2. The Labute approximate surface area is 198 Å². The number of hydrogen-bond acceptors (Lipinski definition) is 5. The van der Waals surface area contributed by atoms with Gasteiger partial charge in [0.05, 0.1) is 46.2 Å². The Morgan fingerprint density at radius 1 is 1.12 bits per heavy atom. The summed E-state index contributed by atoms with van der Waals surface area (Å²) in [7, 11) is -3.75. The smallest absolute Gasteiger partial charge is 0.240 e. The number of sulfonamides is 1. The molecular weight excluding hydrogens is 475 g/mol. The average Bonchev–Trinajstić information content (AvgIpc) is 2.75. The second-order valence-corrected chi connectivity index (χ2v) is 10.4. The molecule has 0 unspecified atom stereocenters. The van der Waals surface area contributed by atoms with Crippen LogP contribution in [0.2, 0.25) is 10.0 Å². The van der Waals surface area contributed by atoms with Crippen molar-refractivity contribution in [3.63, 3.8) is 0 Å². The van der Waals surface area contributed by atoms with Crippen LogP contribution >= 0.6 is 23.2 Å². The Balaban J connectivity index is 1.52. The summed E-state index contributed by atoms with van der Waals surface area (Å²) < 4.78 is 33.8. The number of carbonyl (C=O) groups excluding carboxylic acids is 1. The maximum absolute atomic E-state index is 12.7. The highest BCUT2D eigenvalue weighted by Crippen LogP contribution is 2.24. The van der Waals surface area contributed by atoms with Crippen molar-refractivity contribution in [3.05, 3.63) is 63.6 Å². The maximum Gasteiger partial charge on any atom is 0.240 e. The number of carbonyl (C=O) groups is 1. The third-order valence-corrected chi connectivity index (χ3v) is 7.57. The van der Waals surface area contributed by atoms with Gasteiger partial charge in [0.1, 0.15) is 0 Å². The van der Waals surface area contributed by atoms with E-state index in [-0.39, 0.29) is 23.8 Å². The van der Waals surface area contributed by atoms with E-state index in [4.69, 9.17) is 27.9 Å². The van der Waals surface area contributed by atoms with Crippen LogP contribution in [0.4, 0.5) is 0 Å². The van der Waals surface area contributed by atoms with E-state index in [1.807, 2.05) is 6.92 Å². The Hall–Kier alpha value is -1.68. The van der Waals surface area contributed by atoms with Gasteiger partial charge < -0.3 is 15.2 Å². The van der Waals surface area contributed by atoms with E-state index < -0.39 is 28.3 Å². The van der Waals surface area contributed by atoms with Gasteiger partial charge in [-0.3, -0.25) is 4.79 Å². The van der Waals surface area contributed by atoms with Gasteiger partial charge in [0.25, 0.3) is 0 Å². The molecule has 10 heteroatoms. The van der Waals surface area contributed by atoms with Crippen molar-refractivity contribution in [1.29, 1.82) is 0 Å². The Morgan fingerprint density at radius 2 is 1.84 bits per heavy atom. The van der Waals surface area contributed by atoms with Gasteiger partial charge in [-0.25, -0.2) is 13.1 Å². The lowest BCUT2D eigenvalue weighted by Crippen LogP contribution is -2.51. The summed E-state index contributed by atoms with van der Waals surface area (Å²) in [5, 5.41) is 13.4. The summed E-state index contributed by atoms with van der Waals surface area (Å²) in [5.41, 5.74) is 1.77. The first kappa shape index (κ1) is 25.0. The number of hydrogen-bond donors (Lipinski definition) is 3. The predicted octanol–water partition coefficient (Wildman–Crippen LogP) is 3.20. The summed E-state index contributed by atoms with van der Waals surface area (Å²) in [6.07, 6.45) is -0.119. The minimum absolute atomic E-state index is 0.106. The van der Waals surface area contributed by atoms with Gasteiger partial charge in [0, 0.05) is 6.54 Å². The highest BCUT2D eigenvalue weighted by Gasteiger charge is 2.34. The summed E-state index contributed by atoms with van der Waals surface area (Å²) in [6, 6.07) is 11.1. The molecule has 1 fully saturated rings. The largest absolute Gasteiger partial charge is 0.394 e. The SMILES string of the molecule is Cc1ccc(S(=O)(=O)N[C@H]2CC[C@H](CC(=O)NCc3ccc(Cl)c(Cl)c3)O[C@@H]2CO)cc1. The Morgan fingerprint density at radius 3 is 2.50 bits per heavy atom. The minimum Gasteiger partial charge on any atom is -0.394 e. The quantitative estimate of drug-likeness (QED) is 0.516. The van der Waals surface area contributed by atoms with E-state index in [0.29, 0.717) is 29.4 Å². The van der Waals surface area contributed by atoms with Gasteiger partial charge in [-0.2, -0.15) is 0 Å². The molecule has 0 saturated carbocycles. The summed E-state index contributed by atoms with van der Waals surface area (Å²) in [5.74, 6) is -0.212. The molecule has 3 N–H and O–H groups in total. The first-order valence-electron chi connectivity index (χ1n) is 10.2. The normalized spacial score (nSPS) is 21.3. The number of ether oxygens (including phenoxy) is 1. The van der Waals surface area contributed by atoms with Crippen LogP contribution in [0.15, 0.2) is 47.4 Å². The molecule has 0 radical (unpaired) electrons. The van der Waals surface area contributed by atoms with Crippen LogP contribution in [0.25, 0.3) is 0 Å². The van der Waals surface area contributed by atoms with Gasteiger partial charge in [-0.1, -0.05) is 47.0 Å². The lowest BCUT2D eigenvalue weighted by Gasteiger charge is -2.35. The van der Waals surface area contributed by atoms with Crippen LogP contribution in [0.3, 0.4) is 0 Å². The fourth-order valence-electron chi connectivity index (χ4n) is 3.53. The van der Waals surface area contributed by atoms with Gasteiger partial charge in [0.2, 0.25) is 15.9 Å². The molecule has 3 rings (SSSR count). The Kier molecular flexibility index (Phi) is 8.55. The molecule has 1 saturated heterocycles. The van der Waals surface area contributed by atoms with Crippen molar-refractivity contribution >= 4 is 39.1 Å². The van der Waals surface area contributed by atoms with Crippen LogP contribution in [0.5, 0.6) is 0 Å². The molecule has 2 aromatic rings. The second kappa shape index (κ2) is 11.0. The Bertz CT molecular complexity index is 1050. The highest BCUT2D eigenvalue weighted by atomic mass is 35.5. The highest BCUT2D eigenvalue weighted by molar-refractivity contribution is 7.89. The summed E-state index contributed by atoms with van der Waals surface area (Å²) in [6.45, 7) is 1.81. The number of nitrogens with one attached hydrogen (secondary N) is 2. The standard InChI is InChI=1S/C22H26Cl2N2O5S/c1-14-2-6-17(7-3-14)32(29,30)26-20-9-5-16(31-21(20)13-27)11-22(28)25-12-15-4-8-18(23)19(24)10-15/h2-4,6-8,10,16,20-21,26-27H,5,9,11-13H2,1H3,(H,25,28)/t16-,20+,21-/m1/s1.